The van der Waals surface area contributed by atoms with E-state index in [2.05, 4.69) is 5.32 Å². The van der Waals surface area contributed by atoms with Crippen molar-refractivity contribution in [3.05, 3.63) is 41.7 Å². The maximum absolute atomic E-state index is 13.0. The molecule has 2 aromatic rings. The van der Waals surface area contributed by atoms with Gasteiger partial charge in [0.15, 0.2) is 5.76 Å². The maximum Gasteiger partial charge on any atom is 0.291 e. The molecule has 1 aromatic heterocycles. The number of carbonyl (C=O) groups excluding carboxylic acids is 1. The van der Waals surface area contributed by atoms with Crippen LogP contribution in [0.5, 0.6) is 0 Å². The van der Waals surface area contributed by atoms with E-state index in [1.54, 1.807) is 19.1 Å². The largest absolute Gasteiger partial charge is 0.438 e. The lowest BCUT2D eigenvalue weighted by atomic mass is 10.2. The molecule has 180 valence electrons. The molecule has 0 unspecified atom stereocenters. The van der Waals surface area contributed by atoms with Crippen molar-refractivity contribution in [2.24, 2.45) is 0 Å². The van der Waals surface area contributed by atoms with Gasteiger partial charge < -0.3 is 14.5 Å². The van der Waals surface area contributed by atoms with Crippen molar-refractivity contribution in [2.75, 3.05) is 44.7 Å². The molecular weight excluding hydrogens is 470 g/mol. The molecule has 0 aliphatic carbocycles. The number of hydrogen-bond donors (Lipinski definition) is 1. The molecule has 10 nitrogen and oxygen atoms in total. The van der Waals surface area contributed by atoms with Crippen LogP contribution < -0.4 is 5.32 Å². The first-order valence-corrected chi connectivity index (χ1v) is 13.7. The van der Waals surface area contributed by atoms with Crippen molar-refractivity contribution < 1.29 is 30.8 Å². The van der Waals surface area contributed by atoms with E-state index >= 15 is 0 Å². The molecule has 12 heteroatoms. The summed E-state index contributed by atoms with van der Waals surface area (Å²) in [7, 11) is -7.55. The number of aryl methyl sites for hydroxylation is 1. The van der Waals surface area contributed by atoms with Gasteiger partial charge in [-0.2, -0.15) is 8.61 Å². The monoisotopic (exact) mass is 497 g/mol. The van der Waals surface area contributed by atoms with Gasteiger partial charge in [0.05, 0.1) is 18.1 Å². The molecule has 1 amide bonds. The Labute approximate surface area is 193 Å². The fraction of sp³-hybridized carbons (Fsp3) is 0.476. The first-order valence-electron chi connectivity index (χ1n) is 10.8. The molecule has 2 saturated heterocycles. The molecule has 1 N–H and O–H groups in total. The number of amides is 1. The number of rotatable bonds is 6. The van der Waals surface area contributed by atoms with Crippen LogP contribution in [0.2, 0.25) is 0 Å². The van der Waals surface area contributed by atoms with E-state index in [0.29, 0.717) is 31.9 Å². The number of anilines is 1. The Balaban J connectivity index is 1.52. The first-order chi connectivity index (χ1) is 15.7. The minimum Gasteiger partial charge on any atom is -0.438 e. The first kappa shape index (κ1) is 23.9. The molecule has 2 fully saturated rings. The van der Waals surface area contributed by atoms with Crippen molar-refractivity contribution in [2.45, 2.75) is 36.2 Å². The normalized spacial score (nSPS) is 18.8. The average molecular weight is 498 g/mol. The number of sulfonamides is 2. The van der Waals surface area contributed by atoms with Crippen LogP contribution in [0.1, 0.15) is 35.4 Å². The van der Waals surface area contributed by atoms with E-state index in [0.717, 1.165) is 19.3 Å². The number of ether oxygens (including phenoxy) is 1. The maximum atomic E-state index is 13.0. The number of benzene rings is 1. The average Bonchev–Trinajstić information content (AvgIpc) is 3.33. The summed E-state index contributed by atoms with van der Waals surface area (Å²) < 4.78 is 64.9. The van der Waals surface area contributed by atoms with Crippen LogP contribution in [0, 0.1) is 6.92 Å². The van der Waals surface area contributed by atoms with E-state index in [1.807, 2.05) is 0 Å². The number of piperidine rings is 1. The predicted molar refractivity (Wildman–Crippen MR) is 120 cm³/mol. The molecule has 2 aliphatic heterocycles. The van der Waals surface area contributed by atoms with Gasteiger partial charge in [0, 0.05) is 31.9 Å². The zero-order valence-corrected chi connectivity index (χ0v) is 20.0. The van der Waals surface area contributed by atoms with Crippen LogP contribution in [-0.2, 0) is 24.8 Å². The number of furan rings is 1. The van der Waals surface area contributed by atoms with Crippen LogP contribution in [0.15, 0.2) is 44.7 Å². The Morgan fingerprint density at radius 3 is 2.24 bits per heavy atom. The van der Waals surface area contributed by atoms with Crippen molar-refractivity contribution in [1.29, 1.82) is 0 Å². The summed E-state index contributed by atoms with van der Waals surface area (Å²) in [6.07, 6.45) is 2.56. The lowest BCUT2D eigenvalue weighted by Gasteiger charge is -2.26. The van der Waals surface area contributed by atoms with Gasteiger partial charge in [-0.15, -0.1) is 0 Å². The molecule has 0 spiro atoms. The zero-order valence-electron chi connectivity index (χ0n) is 18.3. The Kier molecular flexibility index (Phi) is 6.91. The molecule has 3 heterocycles. The Morgan fingerprint density at radius 1 is 0.879 bits per heavy atom. The van der Waals surface area contributed by atoms with Gasteiger partial charge in [0.2, 0.25) is 15.1 Å². The van der Waals surface area contributed by atoms with Crippen molar-refractivity contribution in [3.63, 3.8) is 0 Å². The fourth-order valence-electron chi connectivity index (χ4n) is 3.89. The lowest BCUT2D eigenvalue weighted by molar-refractivity contribution is 0.0730. The van der Waals surface area contributed by atoms with Crippen molar-refractivity contribution in [3.8, 4) is 0 Å². The quantitative estimate of drug-likeness (QED) is 0.647. The number of nitrogens with one attached hydrogen (secondary N) is 1. The summed E-state index contributed by atoms with van der Waals surface area (Å²) in [4.78, 5) is 12.8. The van der Waals surface area contributed by atoms with Gasteiger partial charge in [-0.25, -0.2) is 16.8 Å². The number of hydrogen-bond acceptors (Lipinski definition) is 7. The van der Waals surface area contributed by atoms with Gasteiger partial charge in [-0.05, 0) is 49.6 Å². The minimum atomic E-state index is -3.80. The second-order valence-electron chi connectivity index (χ2n) is 8.03. The Hall–Kier alpha value is -2.25. The number of nitrogens with zero attached hydrogens (tertiary/aromatic N) is 2. The SMILES string of the molecule is Cc1ccc(NC(=O)c2ccc(S(=O)(=O)N3CCCCC3)o2)cc1S(=O)(=O)N1CCOCC1. The summed E-state index contributed by atoms with van der Waals surface area (Å²) >= 11 is 0. The predicted octanol–water partition coefficient (Wildman–Crippen LogP) is 2.04. The summed E-state index contributed by atoms with van der Waals surface area (Å²) in [6, 6.07) is 7.15. The number of carbonyl (C=O) groups is 1. The highest BCUT2D eigenvalue weighted by Crippen LogP contribution is 2.26. The third-order valence-electron chi connectivity index (χ3n) is 5.75. The van der Waals surface area contributed by atoms with Gasteiger partial charge in [-0.3, -0.25) is 4.79 Å². The van der Waals surface area contributed by atoms with Crippen LogP contribution in [0.25, 0.3) is 0 Å². The molecule has 2 aliphatic rings. The Bertz CT molecular complexity index is 1230. The van der Waals surface area contributed by atoms with Crippen LogP contribution in [0.4, 0.5) is 5.69 Å². The molecule has 4 rings (SSSR count). The summed E-state index contributed by atoms with van der Waals surface area (Å²) in [5.74, 6) is -0.850. The van der Waals surface area contributed by atoms with Gasteiger partial charge in [0.25, 0.3) is 15.9 Å². The van der Waals surface area contributed by atoms with Gasteiger partial charge in [-0.1, -0.05) is 12.5 Å². The lowest BCUT2D eigenvalue weighted by Crippen LogP contribution is -2.40. The second-order valence-corrected chi connectivity index (χ2v) is 11.8. The van der Waals surface area contributed by atoms with Crippen LogP contribution >= 0.6 is 0 Å². The van der Waals surface area contributed by atoms with E-state index in [-0.39, 0.29) is 34.5 Å². The topological polar surface area (TPSA) is 126 Å². The Morgan fingerprint density at radius 2 is 1.55 bits per heavy atom. The molecule has 33 heavy (non-hydrogen) atoms. The minimum absolute atomic E-state index is 0.0926. The van der Waals surface area contributed by atoms with E-state index in [1.165, 1.54) is 26.8 Å². The smallest absolute Gasteiger partial charge is 0.291 e. The summed E-state index contributed by atoms with van der Waals surface area (Å²) in [5, 5.41) is 2.31. The number of morpholine rings is 1. The second kappa shape index (κ2) is 9.55. The fourth-order valence-corrected chi connectivity index (χ4v) is 6.98. The molecule has 0 radical (unpaired) electrons. The molecule has 1 aromatic carbocycles. The van der Waals surface area contributed by atoms with E-state index in [9.17, 15) is 21.6 Å². The molecule has 0 atom stereocenters. The van der Waals surface area contributed by atoms with E-state index < -0.39 is 26.0 Å². The van der Waals surface area contributed by atoms with Crippen molar-refractivity contribution in [1.82, 2.24) is 8.61 Å². The summed E-state index contributed by atoms with van der Waals surface area (Å²) in [6.45, 7) is 3.72. The van der Waals surface area contributed by atoms with Crippen molar-refractivity contribution >= 4 is 31.6 Å². The highest BCUT2D eigenvalue weighted by molar-refractivity contribution is 7.89. The standard InChI is InChI=1S/C21H27N3O7S2/c1-16-5-6-17(15-19(16)32(26,27)24-11-13-30-14-12-24)22-21(25)18-7-8-20(31-18)33(28,29)23-9-3-2-4-10-23/h5-8,15H,2-4,9-14H2,1H3,(H,22,25). The molecule has 0 saturated carbocycles. The molecular formula is C21H27N3O7S2. The third-order valence-corrected chi connectivity index (χ3v) is 9.56. The van der Waals surface area contributed by atoms with Gasteiger partial charge in [0.1, 0.15) is 0 Å². The van der Waals surface area contributed by atoms with Crippen LogP contribution in [-0.4, -0.2) is 70.7 Å². The third kappa shape index (κ3) is 4.99. The highest BCUT2D eigenvalue weighted by Gasteiger charge is 2.30. The summed E-state index contributed by atoms with van der Waals surface area (Å²) in [5.41, 5.74) is 0.807. The zero-order chi connectivity index (χ0) is 23.6. The van der Waals surface area contributed by atoms with Gasteiger partial charge >= 0.3 is 0 Å². The molecule has 0 bridgehead atoms. The van der Waals surface area contributed by atoms with Crippen LogP contribution in [0.3, 0.4) is 0 Å². The highest BCUT2D eigenvalue weighted by atomic mass is 32.2. The van der Waals surface area contributed by atoms with E-state index in [4.69, 9.17) is 9.15 Å².